The molecule has 0 aliphatic heterocycles. The Hall–Kier alpha value is -2.01. The van der Waals surface area contributed by atoms with Gasteiger partial charge in [-0.3, -0.25) is 9.59 Å². The molecule has 0 heterocycles. The fourth-order valence-electron chi connectivity index (χ4n) is 1.13. The third kappa shape index (κ3) is 11.5. The molecule has 5 heteroatoms. The fraction of sp³-hybridized carbons (Fsp3) is 0.375. The van der Waals surface area contributed by atoms with Crippen molar-refractivity contribution in [3.05, 3.63) is 48.8 Å². The molecule has 1 aromatic rings. The van der Waals surface area contributed by atoms with Crippen LogP contribution in [0.2, 0.25) is 0 Å². The Morgan fingerprint density at radius 3 is 2.10 bits per heavy atom. The lowest BCUT2D eigenvalue weighted by Crippen LogP contribution is -2.12. The van der Waals surface area contributed by atoms with Gasteiger partial charge in [-0.15, -0.1) is 13.2 Å². The zero-order chi connectivity index (χ0) is 16.8. The van der Waals surface area contributed by atoms with Crippen LogP contribution in [0.25, 0.3) is 0 Å². The van der Waals surface area contributed by atoms with Crippen LogP contribution in [0.5, 0.6) is 0 Å². The number of hydrogen-bond donors (Lipinski definition) is 0. The molecular formula is C16H24FNO3. The molecule has 0 aliphatic carbocycles. The number of carbonyl (C=O) groups excluding carboxylic acids is 2. The van der Waals surface area contributed by atoms with Gasteiger partial charge in [0.2, 0.25) is 0 Å². The van der Waals surface area contributed by atoms with E-state index in [1.807, 2.05) is 26.0 Å². The highest BCUT2D eigenvalue weighted by molar-refractivity contribution is 6.06. The second-order valence-corrected chi connectivity index (χ2v) is 4.23. The van der Waals surface area contributed by atoms with Crippen LogP contribution < -0.4 is 0 Å². The molecule has 0 saturated carbocycles. The fourth-order valence-corrected chi connectivity index (χ4v) is 1.13. The van der Waals surface area contributed by atoms with Gasteiger partial charge in [-0.1, -0.05) is 12.1 Å². The summed E-state index contributed by atoms with van der Waals surface area (Å²) in [5.74, 6) is -1.82. The van der Waals surface area contributed by atoms with Gasteiger partial charge in [0.1, 0.15) is 12.2 Å². The van der Waals surface area contributed by atoms with Gasteiger partial charge in [0, 0.05) is 0 Å². The van der Waals surface area contributed by atoms with Crippen LogP contribution in [0.3, 0.4) is 0 Å². The van der Waals surface area contributed by atoms with Crippen LogP contribution >= 0.6 is 0 Å². The Labute approximate surface area is 126 Å². The van der Waals surface area contributed by atoms with Crippen molar-refractivity contribution in [1.29, 1.82) is 0 Å². The minimum Gasteiger partial charge on any atom is -0.466 e. The third-order valence-electron chi connectivity index (χ3n) is 1.78. The number of rotatable bonds is 4. The molecule has 0 aromatic heterocycles. The number of nitrogens with zero attached hydrogens (tertiary/aromatic N) is 1. The highest BCUT2D eigenvalue weighted by atomic mass is 19.1. The maximum absolute atomic E-state index is 13.1. The van der Waals surface area contributed by atoms with Crippen LogP contribution in [0.4, 0.5) is 4.39 Å². The standard InChI is InChI=1S/C11H11FO3.C3H9N.C2H4/c1-2-15-11(14)7-10(13)8-5-3-4-6-9(8)12;1-4(2)3;1-2/h3-6H,2,7H2,1H3;1-3H3;1-2H2. The largest absolute Gasteiger partial charge is 0.466 e. The molecule has 0 bridgehead atoms. The van der Waals surface area contributed by atoms with Crippen LogP contribution in [-0.2, 0) is 9.53 Å². The molecular weight excluding hydrogens is 273 g/mol. The molecule has 0 unspecified atom stereocenters. The van der Waals surface area contributed by atoms with E-state index in [1.54, 1.807) is 13.0 Å². The minimum absolute atomic E-state index is 0.0782. The van der Waals surface area contributed by atoms with Crippen LogP contribution in [0.1, 0.15) is 23.7 Å². The van der Waals surface area contributed by atoms with E-state index < -0.39 is 24.0 Å². The van der Waals surface area contributed by atoms with E-state index in [-0.39, 0.29) is 12.2 Å². The van der Waals surface area contributed by atoms with Gasteiger partial charge in [-0.2, -0.15) is 0 Å². The summed E-state index contributed by atoms with van der Waals surface area (Å²) in [4.78, 5) is 24.4. The smallest absolute Gasteiger partial charge is 0.313 e. The number of Topliss-reactive ketones (excluding diaryl/α,β-unsaturated/α-hetero) is 1. The first-order chi connectivity index (χ1) is 9.88. The summed E-state index contributed by atoms with van der Waals surface area (Å²) in [7, 11) is 6.00. The van der Waals surface area contributed by atoms with E-state index in [0.717, 1.165) is 0 Å². The number of esters is 1. The van der Waals surface area contributed by atoms with E-state index in [1.165, 1.54) is 18.2 Å². The van der Waals surface area contributed by atoms with Crippen LogP contribution in [-0.4, -0.2) is 44.4 Å². The molecule has 1 aromatic carbocycles. The monoisotopic (exact) mass is 297 g/mol. The van der Waals surface area contributed by atoms with Crippen molar-refractivity contribution in [2.45, 2.75) is 13.3 Å². The molecule has 0 saturated heterocycles. The van der Waals surface area contributed by atoms with Crippen LogP contribution in [0.15, 0.2) is 37.4 Å². The van der Waals surface area contributed by atoms with Crippen molar-refractivity contribution >= 4 is 11.8 Å². The van der Waals surface area contributed by atoms with Crippen molar-refractivity contribution in [1.82, 2.24) is 4.90 Å². The first-order valence-electron chi connectivity index (χ1n) is 6.42. The van der Waals surface area contributed by atoms with E-state index in [0.29, 0.717) is 0 Å². The second-order valence-electron chi connectivity index (χ2n) is 4.23. The van der Waals surface area contributed by atoms with Gasteiger partial charge in [0.05, 0.1) is 12.2 Å². The number of hydrogen-bond acceptors (Lipinski definition) is 4. The average Bonchev–Trinajstić information content (AvgIpc) is 2.41. The zero-order valence-corrected chi connectivity index (χ0v) is 13.2. The Kier molecular flexibility index (Phi) is 13.2. The Bertz CT molecular complexity index is 431. The van der Waals surface area contributed by atoms with Gasteiger partial charge in [0.25, 0.3) is 0 Å². The van der Waals surface area contributed by atoms with Gasteiger partial charge in [0.15, 0.2) is 5.78 Å². The summed E-state index contributed by atoms with van der Waals surface area (Å²) in [5.41, 5.74) is -0.0782. The Morgan fingerprint density at radius 2 is 1.67 bits per heavy atom. The van der Waals surface area contributed by atoms with E-state index in [9.17, 15) is 14.0 Å². The summed E-state index contributed by atoms with van der Waals surface area (Å²) < 4.78 is 17.7. The number of halogens is 1. The second kappa shape index (κ2) is 13.0. The molecule has 0 amide bonds. The highest BCUT2D eigenvalue weighted by Crippen LogP contribution is 2.09. The predicted octanol–water partition coefficient (Wildman–Crippen LogP) is 2.94. The lowest BCUT2D eigenvalue weighted by Gasteiger charge is -2.02. The first-order valence-corrected chi connectivity index (χ1v) is 6.42. The van der Waals surface area contributed by atoms with E-state index >= 15 is 0 Å². The van der Waals surface area contributed by atoms with Crippen LogP contribution in [0, 0.1) is 5.82 Å². The molecule has 0 aliphatic rings. The summed E-state index contributed by atoms with van der Waals surface area (Å²) in [6.07, 6.45) is -0.422. The molecule has 118 valence electrons. The molecule has 0 fully saturated rings. The Balaban J connectivity index is 0. The maximum atomic E-state index is 13.1. The zero-order valence-electron chi connectivity index (χ0n) is 13.2. The summed E-state index contributed by atoms with van der Waals surface area (Å²) in [6, 6.07) is 5.55. The van der Waals surface area contributed by atoms with Gasteiger partial charge < -0.3 is 9.64 Å². The Morgan fingerprint density at radius 1 is 1.19 bits per heavy atom. The number of ether oxygens (including phenoxy) is 1. The van der Waals surface area contributed by atoms with Gasteiger partial charge in [-0.05, 0) is 40.2 Å². The summed E-state index contributed by atoms with van der Waals surface area (Å²) >= 11 is 0. The molecule has 0 spiro atoms. The van der Waals surface area contributed by atoms with Crippen molar-refractivity contribution in [3.63, 3.8) is 0 Å². The molecule has 4 nitrogen and oxygen atoms in total. The molecule has 0 N–H and O–H groups in total. The minimum atomic E-state index is -0.634. The van der Waals surface area contributed by atoms with Gasteiger partial charge in [-0.25, -0.2) is 4.39 Å². The normalized spacial score (nSPS) is 8.86. The third-order valence-corrected chi connectivity index (χ3v) is 1.78. The van der Waals surface area contributed by atoms with E-state index in [2.05, 4.69) is 17.9 Å². The SMILES string of the molecule is C=C.CCOC(=O)CC(=O)c1ccccc1F.CN(C)C. The lowest BCUT2D eigenvalue weighted by molar-refractivity contribution is -0.141. The van der Waals surface area contributed by atoms with Crippen molar-refractivity contribution in [2.75, 3.05) is 27.7 Å². The predicted molar refractivity (Wildman–Crippen MR) is 82.8 cm³/mol. The lowest BCUT2D eigenvalue weighted by atomic mass is 10.1. The average molecular weight is 297 g/mol. The summed E-state index contributed by atoms with van der Waals surface area (Å²) in [6.45, 7) is 7.86. The maximum Gasteiger partial charge on any atom is 0.313 e. The van der Waals surface area contributed by atoms with E-state index in [4.69, 9.17) is 0 Å². The topological polar surface area (TPSA) is 46.6 Å². The quantitative estimate of drug-likeness (QED) is 0.371. The number of ketones is 1. The van der Waals surface area contributed by atoms with Crippen molar-refractivity contribution in [3.8, 4) is 0 Å². The molecule has 21 heavy (non-hydrogen) atoms. The highest BCUT2D eigenvalue weighted by Gasteiger charge is 2.15. The molecule has 1 rings (SSSR count). The first kappa shape index (κ1) is 21.3. The number of carbonyl (C=O) groups is 2. The summed E-state index contributed by atoms with van der Waals surface area (Å²) in [5, 5.41) is 0. The van der Waals surface area contributed by atoms with Crippen molar-refractivity contribution in [2.24, 2.45) is 0 Å². The number of benzene rings is 1. The van der Waals surface area contributed by atoms with Gasteiger partial charge >= 0.3 is 5.97 Å². The molecule has 0 atom stereocenters. The van der Waals surface area contributed by atoms with Crippen molar-refractivity contribution < 1.29 is 18.7 Å². The molecule has 0 radical (unpaired) electrons.